The molecule has 0 aliphatic carbocycles. The average molecular weight is 135 g/mol. The lowest BCUT2D eigenvalue weighted by atomic mass is 14.0. The Kier molecular flexibility index (Phi) is 68.3. The van der Waals surface area contributed by atoms with Crippen LogP contribution in [0.3, 0.4) is 0 Å². The Hall–Kier alpha value is -0.0800. The van der Waals surface area contributed by atoms with Gasteiger partial charge >= 0.3 is 0 Å². The van der Waals surface area contributed by atoms with Crippen LogP contribution in [0.15, 0.2) is 0 Å². The smallest absolute Gasteiger partial charge is 0.0814 e. The summed E-state index contributed by atoms with van der Waals surface area (Å²) < 4.78 is 24.1. The molecule has 7 heteroatoms. The van der Waals surface area contributed by atoms with E-state index in [-0.39, 0.29) is 17.0 Å². The zero-order valence-corrected chi connectivity index (χ0v) is 4.31. The molecular formula is H8FN2O3S-. The van der Waals surface area contributed by atoms with E-state index in [0.29, 0.717) is 0 Å². The monoisotopic (exact) mass is 135 g/mol. The van der Waals surface area contributed by atoms with Gasteiger partial charge in [0.2, 0.25) is 0 Å². The second-order valence-corrected chi connectivity index (χ2v) is 0.651. The Labute approximate surface area is 42.8 Å². The van der Waals surface area contributed by atoms with Gasteiger partial charge in [0, 0.05) is 0 Å². The number of rotatable bonds is 0. The number of hydrogen-bond acceptors (Lipinski definition) is 4. The predicted octanol–water partition coefficient (Wildman–Crippen LogP) is -0.185. The van der Waals surface area contributed by atoms with Gasteiger partial charge < -0.3 is 21.4 Å². The van der Waals surface area contributed by atoms with E-state index >= 15 is 0 Å². The second kappa shape index (κ2) is 16.8. The lowest BCUT2D eigenvalue weighted by Crippen LogP contribution is -1.75. The van der Waals surface area contributed by atoms with Gasteiger partial charge in [0.25, 0.3) is 0 Å². The van der Waals surface area contributed by atoms with Crippen LogP contribution in [0, 0.1) is 0 Å². The summed E-state index contributed by atoms with van der Waals surface area (Å²) in [7, 11) is 0. The van der Waals surface area contributed by atoms with Crippen LogP contribution >= 0.6 is 0 Å². The van der Waals surface area contributed by atoms with Gasteiger partial charge in [-0.2, -0.15) is 0 Å². The van der Waals surface area contributed by atoms with Crippen LogP contribution in [-0.4, -0.2) is 13.3 Å². The summed E-state index contributed by atoms with van der Waals surface area (Å²) in [5.74, 6) is 0. The van der Waals surface area contributed by atoms with Crippen molar-refractivity contribution >= 4 is 11.4 Å². The molecule has 0 aromatic heterocycles. The van der Waals surface area contributed by atoms with Crippen LogP contribution in [-0.2, 0) is 11.4 Å². The molecule has 0 amide bonds. The normalized spacial score (nSPS) is 8.86. The molecule has 0 aromatic carbocycles. The van der Waals surface area contributed by atoms with E-state index in [1.54, 1.807) is 0 Å². The Balaban J connectivity index is -0.0000000150. The minimum atomic E-state index is -2.86. The van der Waals surface area contributed by atoms with Crippen molar-refractivity contribution in [1.82, 2.24) is 12.3 Å². The summed E-state index contributed by atoms with van der Waals surface area (Å²) in [6, 6.07) is 0. The maximum Gasteiger partial charge on any atom is 0.0814 e. The highest BCUT2D eigenvalue weighted by molar-refractivity contribution is 7.73. The van der Waals surface area contributed by atoms with E-state index in [4.69, 9.17) is 13.3 Å². The van der Waals surface area contributed by atoms with Crippen LogP contribution in [0.2, 0.25) is 0 Å². The summed E-state index contributed by atoms with van der Waals surface area (Å²) in [6.07, 6.45) is 0. The summed E-state index contributed by atoms with van der Waals surface area (Å²) >= 11 is -2.86. The fraction of sp³-hybridized carbons (Fsp3) is 0. The summed E-state index contributed by atoms with van der Waals surface area (Å²) in [6.45, 7) is 0. The molecule has 5 nitrogen and oxygen atoms in total. The van der Waals surface area contributed by atoms with E-state index in [1.807, 2.05) is 0 Å². The zero-order valence-electron chi connectivity index (χ0n) is 3.49. The van der Waals surface area contributed by atoms with E-state index < -0.39 is 11.4 Å². The van der Waals surface area contributed by atoms with Crippen molar-refractivity contribution in [3.63, 3.8) is 0 Å². The van der Waals surface area contributed by atoms with E-state index in [9.17, 15) is 0 Å². The molecule has 50 valence electrons. The maximum atomic E-state index is 8.56. The van der Waals surface area contributed by atoms with Crippen molar-refractivity contribution in [2.75, 3.05) is 0 Å². The maximum absolute atomic E-state index is 8.56. The molecule has 0 aliphatic heterocycles. The molecule has 0 saturated carbocycles. The molecule has 0 fully saturated rings. The third-order valence-corrected chi connectivity index (χ3v) is 0. The quantitative estimate of drug-likeness (QED) is 0.396. The minimum Gasteiger partial charge on any atom is -0.750 e. The summed E-state index contributed by atoms with van der Waals surface area (Å²) in [5.41, 5.74) is 0. The van der Waals surface area contributed by atoms with Gasteiger partial charge in [0.1, 0.15) is 0 Å². The Bertz CT molecular complexity index is 35.9. The topological polar surface area (TPSA) is 130 Å². The third kappa shape index (κ3) is 14200. The van der Waals surface area contributed by atoms with Gasteiger partial charge in [-0.05, 0) is 0 Å². The molecule has 0 saturated heterocycles. The minimum absolute atomic E-state index is 0. The van der Waals surface area contributed by atoms with Crippen LogP contribution in [0.5, 0.6) is 0 Å². The number of hydrogen-bond donors (Lipinski definition) is 3. The van der Waals surface area contributed by atoms with Gasteiger partial charge in [0.05, 0.1) is 11.4 Å². The van der Waals surface area contributed by atoms with Crippen LogP contribution in [0.1, 0.15) is 0 Å². The van der Waals surface area contributed by atoms with Gasteiger partial charge in [-0.15, -0.1) is 0 Å². The zero-order chi connectivity index (χ0) is 3.58. The highest BCUT2D eigenvalue weighted by Gasteiger charge is 1.42. The summed E-state index contributed by atoms with van der Waals surface area (Å²) in [4.78, 5) is 0. The predicted molar refractivity (Wildman–Crippen MR) is 24.1 cm³/mol. The molecule has 7 N–H and O–H groups in total. The molecule has 1 atom stereocenters. The van der Waals surface area contributed by atoms with Crippen molar-refractivity contribution in [3.05, 3.63) is 0 Å². The van der Waals surface area contributed by atoms with E-state index in [0.717, 1.165) is 0 Å². The first-order valence-corrected chi connectivity index (χ1v) is 1.55. The van der Waals surface area contributed by atoms with Crippen molar-refractivity contribution in [2.24, 2.45) is 0 Å². The first kappa shape index (κ1) is 28.4. The molecule has 0 rings (SSSR count). The molecule has 0 aliphatic rings. The molecule has 1 unspecified atom stereocenters. The van der Waals surface area contributed by atoms with Crippen molar-refractivity contribution in [1.29, 1.82) is 0 Å². The average Bonchev–Trinajstić information content (AvgIpc) is 0.811. The second-order valence-electron chi connectivity index (χ2n) is 0.217. The van der Waals surface area contributed by atoms with Crippen LogP contribution in [0.25, 0.3) is 0 Å². The van der Waals surface area contributed by atoms with Gasteiger partial charge in [-0.25, -0.2) is 4.21 Å². The first-order chi connectivity index (χ1) is 1.73. The molecule has 0 radical (unpaired) electrons. The van der Waals surface area contributed by atoms with Crippen molar-refractivity contribution in [2.45, 2.75) is 0 Å². The molecule has 0 aromatic rings. The van der Waals surface area contributed by atoms with E-state index in [1.165, 1.54) is 0 Å². The Morgan fingerprint density at radius 1 is 1.43 bits per heavy atom. The molecular weight excluding hydrogens is 127 g/mol. The number of halogens is 1. The fourth-order valence-corrected chi connectivity index (χ4v) is 0. The Morgan fingerprint density at radius 3 is 1.43 bits per heavy atom. The summed E-state index contributed by atoms with van der Waals surface area (Å²) in [5, 5.41) is 0. The molecule has 0 spiro atoms. The molecule has 7 heavy (non-hydrogen) atoms. The van der Waals surface area contributed by atoms with Gasteiger partial charge in [-0.3, -0.25) is 4.70 Å². The molecule has 0 bridgehead atoms. The standard InChI is InChI=1S/FH.2H3N.H2O3S/c;;;1-4(2)3/h1H;2*1H3;(H2,1,2,3)/p-1. The lowest BCUT2D eigenvalue weighted by molar-refractivity contribution is 0.436. The fourth-order valence-electron chi connectivity index (χ4n) is 0. The van der Waals surface area contributed by atoms with Gasteiger partial charge in [-0.1, -0.05) is 0 Å². The highest BCUT2D eigenvalue weighted by atomic mass is 32.2. The third-order valence-electron chi connectivity index (χ3n) is 0. The SMILES string of the molecule is F.N.N.O=S([O-])O. The van der Waals surface area contributed by atoms with E-state index in [2.05, 4.69) is 0 Å². The first-order valence-electron chi connectivity index (χ1n) is 0.516. The van der Waals surface area contributed by atoms with Crippen molar-refractivity contribution in [3.8, 4) is 0 Å². The largest absolute Gasteiger partial charge is 0.750 e. The Morgan fingerprint density at radius 2 is 1.43 bits per heavy atom. The van der Waals surface area contributed by atoms with Crippen LogP contribution in [0.4, 0.5) is 4.70 Å². The highest BCUT2D eigenvalue weighted by Crippen LogP contribution is 1.43. The van der Waals surface area contributed by atoms with Crippen LogP contribution < -0.4 is 12.3 Å². The van der Waals surface area contributed by atoms with Crippen molar-refractivity contribution < 1.29 is 18.0 Å². The van der Waals surface area contributed by atoms with Gasteiger partial charge in [0.15, 0.2) is 0 Å². The molecule has 0 heterocycles. The lowest BCUT2D eigenvalue weighted by Gasteiger charge is -1.83.